The molecule has 1 aromatic heterocycles. The molecule has 4 nitrogen and oxygen atoms in total. The molecule has 1 unspecified atom stereocenters. The zero-order valence-electron chi connectivity index (χ0n) is 17.5. The Morgan fingerprint density at radius 3 is 2.52 bits per heavy atom. The number of benzene rings is 2. The van der Waals surface area contributed by atoms with Gasteiger partial charge < -0.3 is 10.4 Å². The van der Waals surface area contributed by atoms with E-state index in [-0.39, 0.29) is 6.61 Å². The number of allylic oxidation sites excluding steroid dienone is 3. The second-order valence-electron chi connectivity index (χ2n) is 7.98. The highest BCUT2D eigenvalue weighted by atomic mass is 16.3. The number of anilines is 1. The maximum atomic E-state index is 9.71. The van der Waals surface area contributed by atoms with E-state index in [9.17, 15) is 5.11 Å². The lowest BCUT2D eigenvalue weighted by atomic mass is 9.88. The van der Waals surface area contributed by atoms with Crippen LogP contribution in [0.5, 0.6) is 0 Å². The van der Waals surface area contributed by atoms with Gasteiger partial charge in [0.25, 0.3) is 0 Å². The van der Waals surface area contributed by atoms with Crippen LogP contribution in [0.1, 0.15) is 38.3 Å². The smallest absolute Gasteiger partial charge is 0.162 e. The van der Waals surface area contributed by atoms with Gasteiger partial charge in [0.15, 0.2) is 5.82 Å². The van der Waals surface area contributed by atoms with E-state index in [2.05, 4.69) is 32.2 Å². The largest absolute Gasteiger partial charge is 0.392 e. The molecule has 1 aliphatic rings. The average Bonchev–Trinajstić information content (AvgIpc) is 2.73. The zero-order chi connectivity index (χ0) is 20.5. The van der Waals surface area contributed by atoms with Crippen LogP contribution in [0, 0.1) is 12.8 Å². The fraction of sp³-hybridized carbons (Fsp3) is 0.280. The lowest BCUT2D eigenvalue weighted by Crippen LogP contribution is -2.12. The Bertz CT molecular complexity index is 1130. The Morgan fingerprint density at radius 1 is 1.03 bits per heavy atom. The summed E-state index contributed by atoms with van der Waals surface area (Å²) < 4.78 is 0. The summed E-state index contributed by atoms with van der Waals surface area (Å²) >= 11 is 0. The first-order chi connectivity index (χ1) is 14.0. The van der Waals surface area contributed by atoms with E-state index in [4.69, 9.17) is 9.97 Å². The van der Waals surface area contributed by atoms with E-state index in [1.165, 1.54) is 11.1 Å². The van der Waals surface area contributed by atoms with Gasteiger partial charge >= 0.3 is 0 Å². The van der Waals surface area contributed by atoms with Crippen LogP contribution in [0.4, 0.5) is 5.82 Å². The predicted molar refractivity (Wildman–Crippen MR) is 119 cm³/mol. The van der Waals surface area contributed by atoms with E-state index in [0.29, 0.717) is 11.7 Å². The van der Waals surface area contributed by atoms with Gasteiger partial charge in [0.1, 0.15) is 5.82 Å². The van der Waals surface area contributed by atoms with Crippen LogP contribution >= 0.6 is 0 Å². The van der Waals surface area contributed by atoms with Crippen molar-refractivity contribution in [2.24, 2.45) is 5.92 Å². The number of nitrogens with zero attached hydrogens (tertiary/aromatic N) is 2. The fourth-order valence-electron chi connectivity index (χ4n) is 3.85. The predicted octanol–water partition coefficient (Wildman–Crippen LogP) is 5.77. The SMILES string of the molecule is CC1=CC(Nc2nc(-c3ccccc3)nc3c(C)c(CO)ccc23)=C(C)CC1C. The molecule has 0 fully saturated rings. The number of aliphatic hydroxyl groups is 1. The number of hydrogen-bond donors (Lipinski definition) is 2. The van der Waals surface area contributed by atoms with Crippen LogP contribution < -0.4 is 5.32 Å². The van der Waals surface area contributed by atoms with Gasteiger partial charge in [-0.2, -0.15) is 0 Å². The number of fused-ring (bicyclic) bond motifs is 1. The van der Waals surface area contributed by atoms with Crippen molar-refractivity contribution in [2.45, 2.75) is 40.7 Å². The second kappa shape index (κ2) is 7.80. The third kappa shape index (κ3) is 3.68. The number of aromatic nitrogens is 2. The molecule has 4 rings (SSSR count). The number of hydrogen-bond acceptors (Lipinski definition) is 4. The Kier molecular flexibility index (Phi) is 5.20. The second-order valence-corrected chi connectivity index (χ2v) is 7.98. The summed E-state index contributed by atoms with van der Waals surface area (Å²) in [4.78, 5) is 9.75. The van der Waals surface area contributed by atoms with Gasteiger partial charge in [-0.3, -0.25) is 0 Å². The first kappa shape index (κ1) is 19.3. The first-order valence-electron chi connectivity index (χ1n) is 10.1. The molecule has 0 spiro atoms. The molecule has 3 aromatic rings. The molecule has 0 bridgehead atoms. The van der Waals surface area contributed by atoms with Crippen LogP contribution in [0.2, 0.25) is 0 Å². The minimum absolute atomic E-state index is 0.000704. The molecule has 0 amide bonds. The van der Waals surface area contributed by atoms with Crippen LogP contribution in [0.3, 0.4) is 0 Å². The summed E-state index contributed by atoms with van der Waals surface area (Å²) in [6.45, 7) is 8.64. The molecule has 2 N–H and O–H groups in total. The maximum Gasteiger partial charge on any atom is 0.162 e. The van der Waals surface area contributed by atoms with Crippen molar-refractivity contribution in [2.75, 3.05) is 5.32 Å². The monoisotopic (exact) mass is 385 g/mol. The van der Waals surface area contributed by atoms with Gasteiger partial charge in [0, 0.05) is 16.6 Å². The Hall–Kier alpha value is -2.98. The zero-order valence-corrected chi connectivity index (χ0v) is 17.5. The third-order valence-electron chi connectivity index (χ3n) is 5.91. The first-order valence-corrected chi connectivity index (χ1v) is 10.1. The van der Waals surface area contributed by atoms with Crippen LogP contribution in [-0.2, 0) is 6.61 Å². The van der Waals surface area contributed by atoms with Gasteiger partial charge in [0.2, 0.25) is 0 Å². The van der Waals surface area contributed by atoms with E-state index in [1.807, 2.05) is 49.4 Å². The topological polar surface area (TPSA) is 58.0 Å². The number of aliphatic hydroxyl groups excluding tert-OH is 1. The normalized spacial score (nSPS) is 16.9. The molecule has 2 aromatic carbocycles. The van der Waals surface area contributed by atoms with E-state index in [0.717, 1.165) is 45.5 Å². The standard InChI is InChI=1S/C25H27N3O/c1-15-12-17(3)22(13-16(15)2)26-25-21-11-10-20(14-29)18(4)23(21)27-24(28-25)19-8-6-5-7-9-19/h5-11,13,15,29H,12,14H2,1-4H3,(H,26,27,28). The highest BCUT2D eigenvalue weighted by molar-refractivity contribution is 5.94. The molecule has 0 aliphatic heterocycles. The highest BCUT2D eigenvalue weighted by Gasteiger charge is 2.18. The van der Waals surface area contributed by atoms with E-state index in [1.54, 1.807) is 0 Å². The molecule has 1 atom stereocenters. The van der Waals surface area contributed by atoms with Crippen molar-refractivity contribution < 1.29 is 5.11 Å². The minimum atomic E-state index is -0.000704. The summed E-state index contributed by atoms with van der Waals surface area (Å²) in [6.07, 6.45) is 3.28. The minimum Gasteiger partial charge on any atom is -0.392 e. The molecule has 0 saturated heterocycles. The number of nitrogens with one attached hydrogen (secondary N) is 1. The molecule has 1 aliphatic carbocycles. The van der Waals surface area contributed by atoms with Crippen LogP contribution in [-0.4, -0.2) is 15.1 Å². The van der Waals surface area contributed by atoms with Crippen molar-refractivity contribution in [3.63, 3.8) is 0 Å². The molecule has 0 saturated carbocycles. The number of aryl methyl sites for hydroxylation is 1. The van der Waals surface area contributed by atoms with Gasteiger partial charge in [-0.15, -0.1) is 0 Å². The lowest BCUT2D eigenvalue weighted by Gasteiger charge is -2.23. The summed E-state index contributed by atoms with van der Waals surface area (Å²) in [5, 5.41) is 14.3. The van der Waals surface area contributed by atoms with Crippen molar-refractivity contribution >= 4 is 16.7 Å². The van der Waals surface area contributed by atoms with Crippen molar-refractivity contribution in [1.82, 2.24) is 9.97 Å². The van der Waals surface area contributed by atoms with Gasteiger partial charge in [-0.1, -0.05) is 48.9 Å². The molecule has 29 heavy (non-hydrogen) atoms. The highest BCUT2D eigenvalue weighted by Crippen LogP contribution is 2.33. The van der Waals surface area contributed by atoms with E-state index >= 15 is 0 Å². The summed E-state index contributed by atoms with van der Waals surface area (Å²) in [6, 6.07) is 14.0. The van der Waals surface area contributed by atoms with Gasteiger partial charge in [-0.05, 0) is 62.0 Å². The molecule has 148 valence electrons. The Balaban J connectivity index is 1.90. The van der Waals surface area contributed by atoms with Gasteiger partial charge in [0.05, 0.1) is 12.1 Å². The fourth-order valence-corrected chi connectivity index (χ4v) is 3.85. The van der Waals surface area contributed by atoms with Gasteiger partial charge in [-0.25, -0.2) is 9.97 Å². The molecule has 4 heteroatoms. The van der Waals surface area contributed by atoms with Crippen molar-refractivity contribution in [3.8, 4) is 11.4 Å². The molecular weight excluding hydrogens is 358 g/mol. The van der Waals surface area contributed by atoms with Crippen molar-refractivity contribution in [1.29, 1.82) is 0 Å². The van der Waals surface area contributed by atoms with Crippen LogP contribution in [0.25, 0.3) is 22.3 Å². The Morgan fingerprint density at radius 2 is 1.79 bits per heavy atom. The Labute approximate surface area is 172 Å². The summed E-state index contributed by atoms with van der Waals surface area (Å²) in [5.74, 6) is 2.05. The van der Waals surface area contributed by atoms with E-state index < -0.39 is 0 Å². The van der Waals surface area contributed by atoms with Crippen molar-refractivity contribution in [3.05, 3.63) is 76.5 Å². The maximum absolute atomic E-state index is 9.71. The quantitative estimate of drug-likeness (QED) is 0.599. The molecule has 1 heterocycles. The number of rotatable bonds is 4. The third-order valence-corrected chi connectivity index (χ3v) is 5.91. The molecular formula is C25H27N3O. The lowest BCUT2D eigenvalue weighted by molar-refractivity contribution is 0.281. The average molecular weight is 386 g/mol. The summed E-state index contributed by atoms with van der Waals surface area (Å²) in [7, 11) is 0. The molecule has 0 radical (unpaired) electrons. The van der Waals surface area contributed by atoms with Crippen LogP contribution in [0.15, 0.2) is 65.4 Å². The summed E-state index contributed by atoms with van der Waals surface area (Å²) in [5.41, 5.74) is 7.54.